The Morgan fingerprint density at radius 3 is 2.44 bits per heavy atom. The van der Waals surface area contributed by atoms with E-state index in [1.165, 1.54) is 5.56 Å². The summed E-state index contributed by atoms with van der Waals surface area (Å²) in [5.41, 5.74) is 3.22. The van der Waals surface area contributed by atoms with Crippen molar-refractivity contribution < 1.29 is 27.9 Å². The number of carbonyl (C=O) groups is 2. The second-order valence-electron chi connectivity index (χ2n) is 11.5. The molecule has 3 aromatic rings. The molecule has 1 aromatic heterocycles. The van der Waals surface area contributed by atoms with E-state index in [9.17, 15) is 23.1 Å². The highest BCUT2D eigenvalue weighted by Gasteiger charge is 2.33. The molecule has 0 bridgehead atoms. The summed E-state index contributed by atoms with van der Waals surface area (Å²) in [6, 6.07) is 18.1. The molecule has 11 nitrogen and oxygen atoms in total. The van der Waals surface area contributed by atoms with Crippen LogP contribution < -0.4 is 15.4 Å². The SMILES string of the molecule is Cc1cc(C)c(S(=O)(=O)NC(CNC(=O)COC2CC(CNc3ccccn3)N(CCCc3ccccc3)C2)C(=O)O)c(C)c1. The van der Waals surface area contributed by atoms with E-state index in [1.807, 2.05) is 43.3 Å². The fraction of sp³-hybridized carbons (Fsp3) is 0.424. The number of aryl methyl sites for hydroxylation is 4. The van der Waals surface area contributed by atoms with Gasteiger partial charge in [-0.2, -0.15) is 4.72 Å². The highest BCUT2D eigenvalue weighted by Crippen LogP contribution is 2.23. The largest absolute Gasteiger partial charge is 0.480 e. The Kier molecular flexibility index (Phi) is 12.1. The second kappa shape index (κ2) is 15.9. The van der Waals surface area contributed by atoms with Gasteiger partial charge in [-0.05, 0) is 75.4 Å². The van der Waals surface area contributed by atoms with Crippen LogP contribution in [0.25, 0.3) is 0 Å². The standard InChI is InChI=1S/C33H43N5O6S/c1-23-16-24(2)32(25(3)17-23)45(42,43)37-29(33(40)41)20-36-31(39)22-44-28-18-27(19-35-30-13-7-8-14-34-30)38(21-28)15-9-12-26-10-5-4-6-11-26/h4-8,10-11,13-14,16-17,27-29,37H,9,12,15,18-22H2,1-3H3,(H,34,35)(H,36,39)(H,40,41). The fourth-order valence-electron chi connectivity index (χ4n) is 5.84. The number of hydrogen-bond donors (Lipinski definition) is 4. The van der Waals surface area contributed by atoms with Crippen LogP contribution in [-0.4, -0.2) is 86.3 Å². The van der Waals surface area contributed by atoms with Crippen molar-refractivity contribution in [2.45, 2.75) is 63.1 Å². The average Bonchev–Trinajstić information content (AvgIpc) is 3.39. The number of nitrogens with one attached hydrogen (secondary N) is 3. The van der Waals surface area contributed by atoms with Crippen molar-refractivity contribution in [1.29, 1.82) is 0 Å². The lowest BCUT2D eigenvalue weighted by Gasteiger charge is -2.24. The van der Waals surface area contributed by atoms with Gasteiger partial charge in [-0.15, -0.1) is 0 Å². The Bertz CT molecular complexity index is 1510. The Labute approximate surface area is 265 Å². The van der Waals surface area contributed by atoms with E-state index in [4.69, 9.17) is 4.74 Å². The summed E-state index contributed by atoms with van der Waals surface area (Å²) in [5.74, 6) is -1.12. The van der Waals surface area contributed by atoms with Crippen LogP contribution in [0.2, 0.25) is 0 Å². The van der Waals surface area contributed by atoms with Crippen LogP contribution in [0.15, 0.2) is 71.8 Å². The zero-order valence-electron chi connectivity index (χ0n) is 26.0. The maximum Gasteiger partial charge on any atom is 0.323 e. The molecule has 45 heavy (non-hydrogen) atoms. The van der Waals surface area contributed by atoms with E-state index in [1.54, 1.807) is 32.2 Å². The predicted molar refractivity (Wildman–Crippen MR) is 173 cm³/mol. The molecular formula is C33H43N5O6S. The third kappa shape index (κ3) is 10.1. The molecule has 0 aliphatic carbocycles. The number of benzene rings is 2. The number of sulfonamides is 1. The molecule has 0 saturated carbocycles. The lowest BCUT2D eigenvalue weighted by Crippen LogP contribution is -2.49. The molecule has 1 saturated heterocycles. The van der Waals surface area contributed by atoms with Crippen molar-refractivity contribution in [2.24, 2.45) is 0 Å². The van der Waals surface area contributed by atoms with E-state index < -0.39 is 34.5 Å². The summed E-state index contributed by atoms with van der Waals surface area (Å²) in [7, 11) is -4.15. The Hall–Kier alpha value is -3.84. The predicted octanol–water partition coefficient (Wildman–Crippen LogP) is 3.06. The minimum absolute atomic E-state index is 0.0376. The molecule has 1 amide bonds. The zero-order chi connectivity index (χ0) is 32.4. The van der Waals surface area contributed by atoms with Gasteiger partial charge in [-0.1, -0.05) is 54.1 Å². The van der Waals surface area contributed by atoms with E-state index in [0.29, 0.717) is 30.6 Å². The molecule has 1 fully saturated rings. The van der Waals surface area contributed by atoms with Gasteiger partial charge >= 0.3 is 5.97 Å². The highest BCUT2D eigenvalue weighted by molar-refractivity contribution is 7.89. The molecule has 4 N–H and O–H groups in total. The monoisotopic (exact) mass is 637 g/mol. The fourth-order valence-corrected chi connectivity index (χ4v) is 7.48. The van der Waals surface area contributed by atoms with Crippen LogP contribution in [0, 0.1) is 20.8 Å². The molecule has 4 rings (SSSR count). The van der Waals surface area contributed by atoms with Crippen molar-refractivity contribution in [3.8, 4) is 0 Å². The van der Waals surface area contributed by atoms with Crippen LogP contribution >= 0.6 is 0 Å². The number of pyridine rings is 1. The number of anilines is 1. The number of carboxylic acids is 1. The number of amides is 1. The number of rotatable bonds is 16. The van der Waals surface area contributed by atoms with Gasteiger partial charge in [0.15, 0.2) is 0 Å². The third-order valence-electron chi connectivity index (χ3n) is 7.85. The van der Waals surface area contributed by atoms with E-state index >= 15 is 0 Å². The van der Waals surface area contributed by atoms with Crippen molar-refractivity contribution in [3.05, 3.63) is 89.1 Å². The molecule has 0 radical (unpaired) electrons. The Morgan fingerprint density at radius 1 is 1.07 bits per heavy atom. The van der Waals surface area contributed by atoms with Gasteiger partial charge in [0.25, 0.3) is 0 Å². The van der Waals surface area contributed by atoms with Crippen LogP contribution in [0.4, 0.5) is 5.82 Å². The molecule has 242 valence electrons. The van der Waals surface area contributed by atoms with Crippen LogP contribution in [0.3, 0.4) is 0 Å². The number of ether oxygens (including phenoxy) is 1. The Balaban J connectivity index is 1.29. The molecule has 3 atom stereocenters. The van der Waals surface area contributed by atoms with Crippen LogP contribution in [0.5, 0.6) is 0 Å². The van der Waals surface area contributed by atoms with Crippen molar-refractivity contribution in [3.63, 3.8) is 0 Å². The number of carboxylic acid groups (broad SMARTS) is 1. The minimum atomic E-state index is -4.15. The van der Waals surface area contributed by atoms with Gasteiger partial charge in [0.1, 0.15) is 18.5 Å². The number of carbonyl (C=O) groups excluding carboxylic acids is 1. The lowest BCUT2D eigenvalue weighted by atomic mass is 10.1. The number of nitrogens with zero attached hydrogens (tertiary/aromatic N) is 2. The van der Waals surface area contributed by atoms with Gasteiger partial charge < -0.3 is 20.5 Å². The van der Waals surface area contributed by atoms with Gasteiger partial charge in [0.05, 0.1) is 11.0 Å². The van der Waals surface area contributed by atoms with Gasteiger partial charge in [0, 0.05) is 31.9 Å². The molecule has 3 unspecified atom stereocenters. The number of aromatic nitrogens is 1. The lowest BCUT2D eigenvalue weighted by molar-refractivity contribution is -0.139. The molecular weight excluding hydrogens is 594 g/mol. The summed E-state index contributed by atoms with van der Waals surface area (Å²) in [6.07, 6.45) is 4.20. The number of likely N-dealkylation sites (tertiary alicyclic amines) is 1. The molecule has 1 aliphatic rings. The highest BCUT2D eigenvalue weighted by atomic mass is 32.2. The quantitative estimate of drug-likeness (QED) is 0.186. The third-order valence-corrected chi connectivity index (χ3v) is 9.63. The average molecular weight is 638 g/mol. The summed E-state index contributed by atoms with van der Waals surface area (Å²) in [5, 5.41) is 15.6. The second-order valence-corrected chi connectivity index (χ2v) is 13.2. The summed E-state index contributed by atoms with van der Waals surface area (Å²) in [4.78, 5) is 31.3. The van der Waals surface area contributed by atoms with E-state index in [0.717, 1.165) is 30.8 Å². The van der Waals surface area contributed by atoms with E-state index in [2.05, 4.69) is 37.4 Å². The number of hydrogen-bond acceptors (Lipinski definition) is 8. The van der Waals surface area contributed by atoms with Gasteiger partial charge in [0.2, 0.25) is 15.9 Å². The summed E-state index contributed by atoms with van der Waals surface area (Å²) >= 11 is 0. The molecule has 12 heteroatoms. The molecule has 2 aromatic carbocycles. The Morgan fingerprint density at radius 2 is 1.78 bits per heavy atom. The summed E-state index contributed by atoms with van der Waals surface area (Å²) < 4.78 is 34.4. The summed E-state index contributed by atoms with van der Waals surface area (Å²) in [6.45, 7) is 6.70. The first kappa shape index (κ1) is 34.0. The smallest absolute Gasteiger partial charge is 0.323 e. The minimum Gasteiger partial charge on any atom is -0.480 e. The maximum atomic E-state index is 13.1. The van der Waals surface area contributed by atoms with Gasteiger partial charge in [-0.25, -0.2) is 13.4 Å². The van der Waals surface area contributed by atoms with Crippen molar-refractivity contribution in [2.75, 3.05) is 38.1 Å². The van der Waals surface area contributed by atoms with Crippen molar-refractivity contribution in [1.82, 2.24) is 19.9 Å². The van der Waals surface area contributed by atoms with Crippen LogP contribution in [0.1, 0.15) is 35.1 Å². The first-order chi connectivity index (χ1) is 21.5. The molecule has 1 aliphatic heterocycles. The number of aliphatic carboxylic acids is 1. The molecule has 2 heterocycles. The first-order valence-corrected chi connectivity index (χ1v) is 16.6. The normalized spacial score (nSPS) is 17.6. The topological polar surface area (TPSA) is 150 Å². The van der Waals surface area contributed by atoms with Crippen molar-refractivity contribution >= 4 is 27.7 Å². The first-order valence-electron chi connectivity index (χ1n) is 15.2. The van der Waals surface area contributed by atoms with E-state index in [-0.39, 0.29) is 23.6 Å². The molecule has 0 spiro atoms. The zero-order valence-corrected chi connectivity index (χ0v) is 26.8. The maximum absolute atomic E-state index is 13.1. The van der Waals surface area contributed by atoms with Crippen LogP contribution in [-0.2, 0) is 30.8 Å². The van der Waals surface area contributed by atoms with Gasteiger partial charge in [-0.3, -0.25) is 14.5 Å².